The zero-order valence-corrected chi connectivity index (χ0v) is 14.8. The van der Waals surface area contributed by atoms with Crippen LogP contribution in [0.5, 0.6) is 11.5 Å². The van der Waals surface area contributed by atoms with Crippen molar-refractivity contribution in [2.75, 3.05) is 12.4 Å². The van der Waals surface area contributed by atoms with Crippen molar-refractivity contribution < 1.29 is 14.6 Å². The zero-order chi connectivity index (χ0) is 18.6. The van der Waals surface area contributed by atoms with Crippen molar-refractivity contribution in [3.05, 3.63) is 57.6 Å². The number of anilines is 1. The first-order chi connectivity index (χ1) is 11.8. The minimum absolute atomic E-state index is 0.0589. The SMILES string of the molecule is COc1ccc(NC(=O)/C(C#N)=C/c2cc(C)c(O)c(C)c2)cc1Cl. The summed E-state index contributed by atoms with van der Waals surface area (Å²) in [6.07, 6.45) is 1.47. The molecule has 128 valence electrons. The maximum Gasteiger partial charge on any atom is 0.266 e. The molecule has 25 heavy (non-hydrogen) atoms. The molecule has 1 amide bonds. The fraction of sp³-hybridized carbons (Fsp3) is 0.158. The Bertz CT molecular complexity index is 875. The van der Waals surface area contributed by atoms with Gasteiger partial charge in [0.05, 0.1) is 12.1 Å². The summed E-state index contributed by atoms with van der Waals surface area (Å²) in [5, 5.41) is 22.1. The molecular formula is C19H17ClN2O3. The van der Waals surface area contributed by atoms with Gasteiger partial charge >= 0.3 is 0 Å². The van der Waals surface area contributed by atoms with E-state index >= 15 is 0 Å². The molecule has 0 aromatic heterocycles. The van der Waals surface area contributed by atoms with Gasteiger partial charge in [0.15, 0.2) is 0 Å². The molecule has 0 unspecified atom stereocenters. The molecular weight excluding hydrogens is 340 g/mol. The third kappa shape index (κ3) is 4.31. The van der Waals surface area contributed by atoms with Crippen LogP contribution in [-0.4, -0.2) is 18.1 Å². The Morgan fingerprint density at radius 3 is 2.44 bits per heavy atom. The number of aryl methyl sites for hydroxylation is 2. The molecule has 0 atom stereocenters. The maximum atomic E-state index is 12.3. The Balaban J connectivity index is 2.27. The molecule has 2 rings (SSSR count). The first kappa shape index (κ1) is 18.4. The average Bonchev–Trinajstić information content (AvgIpc) is 2.57. The molecule has 0 heterocycles. The number of rotatable bonds is 4. The molecule has 0 radical (unpaired) electrons. The van der Waals surface area contributed by atoms with Gasteiger partial charge in [-0.15, -0.1) is 0 Å². The summed E-state index contributed by atoms with van der Waals surface area (Å²) in [5.74, 6) is 0.144. The lowest BCUT2D eigenvalue weighted by Crippen LogP contribution is -2.13. The Morgan fingerprint density at radius 2 is 1.92 bits per heavy atom. The van der Waals surface area contributed by atoms with Crippen molar-refractivity contribution >= 4 is 29.3 Å². The Kier molecular flexibility index (Phi) is 5.68. The van der Waals surface area contributed by atoms with Gasteiger partial charge in [0.2, 0.25) is 0 Å². The lowest BCUT2D eigenvalue weighted by Gasteiger charge is -2.08. The number of carbonyl (C=O) groups excluding carboxylic acids is 1. The van der Waals surface area contributed by atoms with Crippen LogP contribution in [0.2, 0.25) is 5.02 Å². The first-order valence-electron chi connectivity index (χ1n) is 7.42. The van der Waals surface area contributed by atoms with Crippen molar-refractivity contribution in [3.8, 4) is 17.6 Å². The van der Waals surface area contributed by atoms with Crippen molar-refractivity contribution in [1.29, 1.82) is 5.26 Å². The molecule has 0 spiro atoms. The number of nitrogens with one attached hydrogen (secondary N) is 1. The van der Waals surface area contributed by atoms with E-state index in [4.69, 9.17) is 16.3 Å². The second-order valence-corrected chi connectivity index (χ2v) is 5.88. The Labute approximate surface area is 151 Å². The van der Waals surface area contributed by atoms with E-state index in [-0.39, 0.29) is 11.3 Å². The van der Waals surface area contributed by atoms with E-state index in [1.54, 1.807) is 44.2 Å². The molecule has 0 aliphatic rings. The predicted molar refractivity (Wildman–Crippen MR) is 97.8 cm³/mol. The molecule has 0 saturated heterocycles. The summed E-state index contributed by atoms with van der Waals surface area (Å²) >= 11 is 6.03. The molecule has 0 fully saturated rings. The number of carbonyl (C=O) groups is 1. The second kappa shape index (κ2) is 7.73. The van der Waals surface area contributed by atoms with E-state index in [9.17, 15) is 15.2 Å². The van der Waals surface area contributed by atoms with Crippen LogP contribution < -0.4 is 10.1 Å². The summed E-state index contributed by atoms with van der Waals surface area (Å²) in [4.78, 5) is 12.3. The van der Waals surface area contributed by atoms with Crippen molar-refractivity contribution in [3.63, 3.8) is 0 Å². The Hall–Kier alpha value is -2.97. The molecule has 0 bridgehead atoms. The monoisotopic (exact) mass is 356 g/mol. The molecule has 0 aliphatic carbocycles. The summed E-state index contributed by atoms with van der Waals surface area (Å²) in [6, 6.07) is 10.1. The van der Waals surface area contributed by atoms with E-state index in [1.807, 2.05) is 6.07 Å². The summed E-state index contributed by atoms with van der Waals surface area (Å²) in [7, 11) is 1.50. The minimum Gasteiger partial charge on any atom is -0.507 e. The molecule has 6 heteroatoms. The highest BCUT2D eigenvalue weighted by Crippen LogP contribution is 2.28. The fourth-order valence-electron chi connectivity index (χ4n) is 2.33. The molecule has 2 aromatic rings. The van der Waals surface area contributed by atoms with Crippen LogP contribution in [0.15, 0.2) is 35.9 Å². The van der Waals surface area contributed by atoms with Crippen molar-refractivity contribution in [2.45, 2.75) is 13.8 Å². The van der Waals surface area contributed by atoms with Gasteiger partial charge in [0.1, 0.15) is 23.1 Å². The van der Waals surface area contributed by atoms with Crippen LogP contribution in [0.1, 0.15) is 16.7 Å². The van der Waals surface area contributed by atoms with Gasteiger partial charge in [-0.25, -0.2) is 0 Å². The smallest absolute Gasteiger partial charge is 0.266 e. The van der Waals surface area contributed by atoms with E-state index in [2.05, 4.69) is 5.32 Å². The number of benzene rings is 2. The minimum atomic E-state index is -0.549. The van der Waals surface area contributed by atoms with Crippen LogP contribution in [0.3, 0.4) is 0 Å². The number of ether oxygens (including phenoxy) is 1. The lowest BCUT2D eigenvalue weighted by molar-refractivity contribution is -0.112. The largest absolute Gasteiger partial charge is 0.507 e. The molecule has 2 N–H and O–H groups in total. The number of phenolic OH excluding ortho intramolecular Hbond substituents is 1. The number of hydrogen-bond acceptors (Lipinski definition) is 4. The summed E-state index contributed by atoms with van der Waals surface area (Å²) < 4.78 is 5.06. The van der Waals surface area contributed by atoms with Crippen LogP contribution >= 0.6 is 11.6 Å². The van der Waals surface area contributed by atoms with Gasteiger partial charge in [-0.2, -0.15) is 5.26 Å². The number of nitrogens with zero attached hydrogens (tertiary/aromatic N) is 1. The van der Waals surface area contributed by atoms with Gasteiger partial charge in [-0.1, -0.05) is 11.6 Å². The van der Waals surface area contributed by atoms with Crippen LogP contribution in [0.4, 0.5) is 5.69 Å². The second-order valence-electron chi connectivity index (χ2n) is 5.48. The standard InChI is InChI=1S/C19H17ClN2O3/c1-11-6-13(7-12(2)18(11)23)8-14(10-21)19(24)22-15-4-5-17(25-3)16(20)9-15/h4-9,23H,1-3H3,(H,22,24)/b14-8+. The molecule has 0 aliphatic heterocycles. The highest BCUT2D eigenvalue weighted by Gasteiger charge is 2.12. The van der Waals surface area contributed by atoms with Crippen molar-refractivity contribution in [1.82, 2.24) is 0 Å². The number of halogens is 1. The van der Waals surface area contributed by atoms with Crippen molar-refractivity contribution in [2.24, 2.45) is 0 Å². The lowest BCUT2D eigenvalue weighted by atomic mass is 10.0. The predicted octanol–water partition coefficient (Wildman–Crippen LogP) is 4.22. The molecule has 0 saturated carbocycles. The summed E-state index contributed by atoms with van der Waals surface area (Å²) in [6.45, 7) is 3.51. The first-order valence-corrected chi connectivity index (χ1v) is 7.80. The number of nitriles is 1. The Morgan fingerprint density at radius 1 is 1.28 bits per heavy atom. The van der Waals surface area contributed by atoms with Gasteiger partial charge in [-0.3, -0.25) is 4.79 Å². The van der Waals surface area contributed by atoms with Gasteiger partial charge < -0.3 is 15.2 Å². The van der Waals surface area contributed by atoms with Crippen LogP contribution in [0.25, 0.3) is 6.08 Å². The zero-order valence-electron chi connectivity index (χ0n) is 14.1. The van der Waals surface area contributed by atoms with Crippen LogP contribution in [-0.2, 0) is 4.79 Å². The van der Waals surface area contributed by atoms with Gasteiger partial charge in [0, 0.05) is 5.69 Å². The number of phenols is 1. The topological polar surface area (TPSA) is 82.3 Å². The number of hydrogen-bond donors (Lipinski definition) is 2. The maximum absolute atomic E-state index is 12.3. The fourth-order valence-corrected chi connectivity index (χ4v) is 2.59. The van der Waals surface area contributed by atoms with Gasteiger partial charge in [-0.05, 0) is 66.9 Å². The van der Waals surface area contributed by atoms with E-state index in [0.29, 0.717) is 33.1 Å². The highest BCUT2D eigenvalue weighted by atomic mass is 35.5. The molecule has 2 aromatic carbocycles. The number of amides is 1. The van der Waals surface area contributed by atoms with E-state index in [1.165, 1.54) is 13.2 Å². The van der Waals surface area contributed by atoms with E-state index < -0.39 is 5.91 Å². The number of methoxy groups -OCH3 is 1. The quantitative estimate of drug-likeness (QED) is 0.634. The average molecular weight is 357 g/mol. The molecule has 5 nitrogen and oxygen atoms in total. The van der Waals surface area contributed by atoms with E-state index in [0.717, 1.165) is 0 Å². The normalized spacial score (nSPS) is 10.9. The third-order valence-corrected chi connectivity index (χ3v) is 3.89. The third-order valence-electron chi connectivity index (χ3n) is 3.60. The highest BCUT2D eigenvalue weighted by molar-refractivity contribution is 6.32. The van der Waals surface area contributed by atoms with Gasteiger partial charge in [0.25, 0.3) is 5.91 Å². The summed E-state index contributed by atoms with van der Waals surface area (Å²) in [5.41, 5.74) is 2.40. The van der Waals surface area contributed by atoms with Crippen LogP contribution in [0, 0.1) is 25.2 Å². The number of aromatic hydroxyl groups is 1.